The Hall–Kier alpha value is -5.59. The second-order valence-electron chi connectivity index (χ2n) is 16.7. The summed E-state index contributed by atoms with van der Waals surface area (Å²) in [5, 5.41) is 11.7. The van der Waals surface area contributed by atoms with Crippen molar-refractivity contribution in [3.8, 4) is 0 Å². The number of methoxy groups -OCH3 is 1. The zero-order valence-electron chi connectivity index (χ0n) is 34.3. The minimum absolute atomic E-state index is 0.0245. The highest BCUT2D eigenvalue weighted by molar-refractivity contribution is 6.23. The number of aromatic nitrogens is 5. The summed E-state index contributed by atoms with van der Waals surface area (Å²) in [4.78, 5) is 74.8. The smallest absolute Gasteiger partial charge is 0.262 e. The second-order valence-corrected chi connectivity index (χ2v) is 16.7. The molecule has 1 unspecified atom stereocenters. The van der Waals surface area contributed by atoms with Crippen molar-refractivity contribution in [2.24, 2.45) is 0 Å². The van der Waals surface area contributed by atoms with Gasteiger partial charge in [-0.3, -0.25) is 43.9 Å². The van der Waals surface area contributed by atoms with Gasteiger partial charge in [-0.1, -0.05) is 0 Å². The Bertz CT molecular complexity index is 2310. The first-order chi connectivity index (χ1) is 29.0. The van der Waals surface area contributed by atoms with E-state index < -0.39 is 35.5 Å². The monoisotopic (exact) mass is 822 g/mol. The van der Waals surface area contributed by atoms with Crippen LogP contribution in [-0.4, -0.2) is 141 Å². The van der Waals surface area contributed by atoms with Crippen LogP contribution in [0, 0.1) is 5.82 Å². The van der Waals surface area contributed by atoms with Gasteiger partial charge in [-0.15, -0.1) is 0 Å². The number of carbonyl (C=O) groups excluding carboxylic acids is 4. The summed E-state index contributed by atoms with van der Waals surface area (Å²) in [7, 11) is 1.76. The number of pyridine rings is 1. The molecule has 4 amide bonds. The van der Waals surface area contributed by atoms with E-state index in [1.54, 1.807) is 13.3 Å². The molecule has 316 valence electrons. The Kier molecular flexibility index (Phi) is 10.9. The van der Waals surface area contributed by atoms with Gasteiger partial charge >= 0.3 is 0 Å². The van der Waals surface area contributed by atoms with E-state index in [1.165, 1.54) is 6.07 Å². The molecule has 8 heterocycles. The zero-order valence-corrected chi connectivity index (χ0v) is 34.3. The number of hydrogen-bond acceptors (Lipinski definition) is 14. The first-order valence-corrected chi connectivity index (χ1v) is 21.1. The number of rotatable bonds is 10. The zero-order chi connectivity index (χ0) is 41.7. The van der Waals surface area contributed by atoms with E-state index in [-0.39, 0.29) is 36.1 Å². The number of carbonyl (C=O) groups is 4. The molecule has 2 N–H and O–H groups in total. The fraction of sp³-hybridized carbons (Fsp3) is 0.524. The molecule has 0 bridgehead atoms. The largest absolute Gasteiger partial charge is 0.381 e. The quantitative estimate of drug-likeness (QED) is 0.223. The molecule has 4 aromatic rings. The minimum atomic E-state index is -1.09. The van der Waals surface area contributed by atoms with Crippen molar-refractivity contribution in [2.75, 3.05) is 74.6 Å². The summed E-state index contributed by atoms with van der Waals surface area (Å²) in [6, 6.07) is 5.93. The maximum Gasteiger partial charge on any atom is 0.262 e. The van der Waals surface area contributed by atoms with Gasteiger partial charge in [0.15, 0.2) is 5.82 Å². The average molecular weight is 823 g/mol. The van der Waals surface area contributed by atoms with Crippen LogP contribution in [0.4, 0.5) is 27.8 Å². The van der Waals surface area contributed by atoms with Gasteiger partial charge in [0.25, 0.3) is 11.8 Å². The number of hydrogen-bond donors (Lipinski definition) is 2. The summed E-state index contributed by atoms with van der Waals surface area (Å²) in [5.41, 5.74) is 1.40. The van der Waals surface area contributed by atoms with Crippen LogP contribution in [0.2, 0.25) is 0 Å². The van der Waals surface area contributed by atoms with Crippen LogP contribution in [0.25, 0.3) is 10.9 Å². The van der Waals surface area contributed by atoms with Gasteiger partial charge in [-0.25, -0.2) is 14.4 Å². The fourth-order valence-electron chi connectivity index (χ4n) is 9.34. The Labute approximate surface area is 347 Å². The van der Waals surface area contributed by atoms with E-state index in [1.807, 2.05) is 18.3 Å². The van der Waals surface area contributed by atoms with Crippen molar-refractivity contribution in [1.29, 1.82) is 0 Å². The number of benzene rings is 1. The summed E-state index contributed by atoms with van der Waals surface area (Å²) >= 11 is 0. The number of anilines is 4. The minimum Gasteiger partial charge on any atom is -0.381 e. The molecule has 1 aromatic carbocycles. The fourth-order valence-corrected chi connectivity index (χ4v) is 9.34. The van der Waals surface area contributed by atoms with Crippen LogP contribution in [0.1, 0.15) is 84.7 Å². The van der Waals surface area contributed by atoms with Crippen LogP contribution in [-0.2, 0) is 20.9 Å². The van der Waals surface area contributed by atoms with Crippen LogP contribution in [0.5, 0.6) is 0 Å². The molecule has 0 radical (unpaired) electrons. The lowest BCUT2D eigenvalue weighted by atomic mass is 10.00. The van der Waals surface area contributed by atoms with E-state index in [0.29, 0.717) is 35.7 Å². The van der Waals surface area contributed by atoms with Gasteiger partial charge < -0.3 is 19.9 Å². The van der Waals surface area contributed by atoms with E-state index in [4.69, 9.17) is 19.8 Å². The number of fused-ring (bicyclic) bond motifs is 2. The molecule has 9 rings (SSSR count). The lowest BCUT2D eigenvalue weighted by molar-refractivity contribution is -0.136. The Morgan fingerprint density at radius 3 is 2.30 bits per heavy atom. The number of nitrogens with one attached hydrogen (secondary N) is 2. The third-order valence-corrected chi connectivity index (χ3v) is 12.7. The van der Waals surface area contributed by atoms with Gasteiger partial charge in [0.2, 0.25) is 17.8 Å². The summed E-state index contributed by atoms with van der Waals surface area (Å²) in [5.74, 6) is -0.0222. The Balaban J connectivity index is 0.801. The molecule has 4 saturated heterocycles. The summed E-state index contributed by atoms with van der Waals surface area (Å²) < 4.78 is 23.0. The number of imide groups is 2. The molecule has 0 aliphatic carbocycles. The van der Waals surface area contributed by atoms with Crippen molar-refractivity contribution >= 4 is 57.9 Å². The molecule has 0 saturated carbocycles. The van der Waals surface area contributed by atoms with Gasteiger partial charge in [0, 0.05) is 95.5 Å². The van der Waals surface area contributed by atoms with Crippen LogP contribution < -0.4 is 20.4 Å². The van der Waals surface area contributed by atoms with Crippen LogP contribution >= 0.6 is 0 Å². The molecule has 18 heteroatoms. The van der Waals surface area contributed by atoms with E-state index >= 15 is 4.39 Å². The van der Waals surface area contributed by atoms with E-state index in [0.717, 1.165) is 106 Å². The van der Waals surface area contributed by atoms with Crippen molar-refractivity contribution < 1.29 is 28.3 Å². The number of nitrogens with zero attached hydrogens (tertiary/aromatic N) is 10. The van der Waals surface area contributed by atoms with Gasteiger partial charge in [-0.05, 0) is 77.2 Å². The molecule has 17 nitrogen and oxygen atoms in total. The highest BCUT2D eigenvalue weighted by Gasteiger charge is 2.45. The molecule has 5 aliphatic rings. The molecule has 3 aromatic heterocycles. The number of piperidine rings is 3. The van der Waals surface area contributed by atoms with Gasteiger partial charge in [0.1, 0.15) is 23.5 Å². The lowest BCUT2D eigenvalue weighted by Gasteiger charge is -2.43. The highest BCUT2D eigenvalue weighted by Crippen LogP contribution is 2.33. The molecule has 0 spiro atoms. The average Bonchev–Trinajstić information content (AvgIpc) is 3.75. The normalized spacial score (nSPS) is 21.4. The molecular formula is C42H51FN12O5. The maximum atomic E-state index is 15.4. The first-order valence-electron chi connectivity index (χ1n) is 21.1. The summed E-state index contributed by atoms with van der Waals surface area (Å²) in [6.07, 6.45) is 7.79. The Morgan fingerprint density at radius 2 is 1.60 bits per heavy atom. The molecular weight excluding hydrogens is 772 g/mol. The molecule has 1 atom stereocenters. The number of piperazine rings is 1. The number of likely N-dealkylation sites (tertiary alicyclic amines) is 1. The van der Waals surface area contributed by atoms with Crippen molar-refractivity contribution in [3.63, 3.8) is 0 Å². The number of ether oxygens (including phenoxy) is 1. The highest BCUT2D eigenvalue weighted by atomic mass is 19.1. The predicted octanol–water partition coefficient (Wildman–Crippen LogP) is 3.49. The Morgan fingerprint density at radius 1 is 0.867 bits per heavy atom. The van der Waals surface area contributed by atoms with Crippen molar-refractivity contribution in [2.45, 2.75) is 83.1 Å². The van der Waals surface area contributed by atoms with Crippen molar-refractivity contribution in [1.82, 2.24) is 44.7 Å². The van der Waals surface area contributed by atoms with Crippen molar-refractivity contribution in [3.05, 3.63) is 59.2 Å². The van der Waals surface area contributed by atoms with Crippen LogP contribution in [0.3, 0.4) is 0 Å². The van der Waals surface area contributed by atoms with Gasteiger partial charge in [-0.2, -0.15) is 10.1 Å². The third kappa shape index (κ3) is 7.67. The van der Waals surface area contributed by atoms with E-state index in [2.05, 4.69) is 53.7 Å². The van der Waals surface area contributed by atoms with Crippen LogP contribution in [0.15, 0.2) is 36.7 Å². The van der Waals surface area contributed by atoms with Gasteiger partial charge in [0.05, 0.1) is 28.1 Å². The summed E-state index contributed by atoms with van der Waals surface area (Å²) in [6.45, 7) is 11.3. The molecule has 5 aliphatic heterocycles. The number of halogens is 1. The molecule has 4 fully saturated rings. The third-order valence-electron chi connectivity index (χ3n) is 12.7. The SMILES string of the molecule is COC1CCN(c2nccc(Nc3cc4c(cn3)c(N3CCN(C5CCN(Cc6cc7c(cc6F)C(=O)N(C6CCC(=O)NC6=O)C7=O)CC5)CC3)nn4C(C)C)n2)CC1. The van der Waals surface area contributed by atoms with E-state index in [9.17, 15) is 19.2 Å². The first kappa shape index (κ1) is 39.8. The lowest BCUT2D eigenvalue weighted by Crippen LogP contribution is -2.54. The second kappa shape index (κ2) is 16.5. The maximum absolute atomic E-state index is 15.4. The predicted molar refractivity (Wildman–Crippen MR) is 221 cm³/mol. The standard InChI is InChI=1S/C42H51FN12O5/c1-25(2)55-34-22-36(46-35-6-11-44-42(47-35)53-14-9-28(60-3)10-15-53)45-23-31(34)38(49-55)52-18-16-51(17-19-52)27-7-12-50(13-8-27)24-26-20-29-30(21-32(26)43)41(59)54(40(29)58)33-4-5-37(56)48-39(33)57/h6,11,20-23,25,27-28,33H,4-5,7-10,12-19,24H2,1-3H3,(H,48,56,57)(H,44,45,46,47). The topological polar surface area (TPSA) is 174 Å². The number of amides is 4. The molecule has 60 heavy (non-hydrogen) atoms.